The van der Waals surface area contributed by atoms with Gasteiger partial charge in [-0.3, -0.25) is 0 Å². The quantitative estimate of drug-likeness (QED) is 0.622. The van der Waals surface area contributed by atoms with Crippen LogP contribution in [-0.2, 0) is 17.0 Å². The zero-order valence-corrected chi connectivity index (χ0v) is 13.0. The predicted molar refractivity (Wildman–Crippen MR) is 81.8 cm³/mol. The maximum absolute atomic E-state index is 11.8. The minimum Gasteiger partial charge on any atom is -0.462 e. The zero-order chi connectivity index (χ0) is 15.2. The summed E-state index contributed by atoms with van der Waals surface area (Å²) in [5.74, 6) is 0.218. The topological polar surface area (TPSA) is 52.1 Å². The van der Waals surface area contributed by atoms with Crippen molar-refractivity contribution in [2.45, 2.75) is 19.2 Å². The molecule has 0 radical (unpaired) electrons. The lowest BCUT2D eigenvalue weighted by atomic mass is 10.1. The first kappa shape index (κ1) is 15.7. The summed E-state index contributed by atoms with van der Waals surface area (Å²) in [5, 5.41) is 0.656. The molecule has 0 aliphatic carbocycles. The summed E-state index contributed by atoms with van der Waals surface area (Å²) in [4.78, 5) is 20.3. The molecule has 2 aromatic rings. The summed E-state index contributed by atoms with van der Waals surface area (Å²) < 4.78 is 4.95. The normalized spacial score (nSPS) is 10.4. The van der Waals surface area contributed by atoms with Crippen LogP contribution in [0.1, 0.15) is 34.4 Å². The van der Waals surface area contributed by atoms with Crippen LogP contribution in [0, 0.1) is 0 Å². The molecule has 0 fully saturated rings. The number of rotatable bonds is 5. The lowest BCUT2D eigenvalue weighted by Gasteiger charge is -2.08. The molecule has 1 heterocycles. The fourth-order valence-corrected chi connectivity index (χ4v) is 2.24. The van der Waals surface area contributed by atoms with Gasteiger partial charge in [-0.1, -0.05) is 29.8 Å². The van der Waals surface area contributed by atoms with Gasteiger partial charge in [0.1, 0.15) is 11.4 Å². The second-order valence-corrected chi connectivity index (χ2v) is 4.94. The average Bonchev–Trinajstić information content (AvgIpc) is 2.49. The Kier molecular flexibility index (Phi) is 5.53. The number of carbonyl (C=O) groups excluding carboxylic acids is 1. The van der Waals surface area contributed by atoms with Gasteiger partial charge in [0.2, 0.25) is 0 Å². The van der Waals surface area contributed by atoms with Gasteiger partial charge in [0.05, 0.1) is 18.2 Å². The van der Waals surface area contributed by atoms with E-state index in [0.717, 1.165) is 5.56 Å². The van der Waals surface area contributed by atoms with Crippen molar-refractivity contribution in [3.05, 3.63) is 58.1 Å². The molecular weight excluding hydrogens is 311 g/mol. The Labute approximate surface area is 133 Å². The molecule has 1 aromatic heterocycles. The van der Waals surface area contributed by atoms with Crippen LogP contribution in [0.25, 0.3) is 0 Å². The highest BCUT2D eigenvalue weighted by molar-refractivity contribution is 6.31. The Balaban J connectivity index is 2.27. The Hall–Kier alpha value is -1.65. The SMILES string of the molecule is CCOC(=O)c1cnc(Cc2ccccc2Cl)nc1CCl. The molecule has 110 valence electrons. The summed E-state index contributed by atoms with van der Waals surface area (Å²) in [6, 6.07) is 7.48. The molecule has 0 N–H and O–H groups in total. The molecule has 0 saturated carbocycles. The van der Waals surface area contributed by atoms with Crippen molar-refractivity contribution in [2.75, 3.05) is 6.61 Å². The number of esters is 1. The van der Waals surface area contributed by atoms with Crippen molar-refractivity contribution >= 4 is 29.2 Å². The predicted octanol–water partition coefficient (Wildman–Crippen LogP) is 3.64. The highest BCUT2D eigenvalue weighted by Gasteiger charge is 2.15. The van der Waals surface area contributed by atoms with E-state index in [1.54, 1.807) is 6.92 Å². The van der Waals surface area contributed by atoms with E-state index in [-0.39, 0.29) is 5.88 Å². The van der Waals surface area contributed by atoms with Crippen molar-refractivity contribution in [1.29, 1.82) is 0 Å². The van der Waals surface area contributed by atoms with E-state index < -0.39 is 5.97 Å². The van der Waals surface area contributed by atoms with Crippen molar-refractivity contribution in [3.63, 3.8) is 0 Å². The first-order chi connectivity index (χ1) is 10.2. The van der Waals surface area contributed by atoms with Crippen LogP contribution < -0.4 is 0 Å². The highest BCUT2D eigenvalue weighted by atomic mass is 35.5. The Morgan fingerprint density at radius 3 is 2.76 bits per heavy atom. The number of aromatic nitrogens is 2. The van der Waals surface area contributed by atoms with E-state index in [2.05, 4.69) is 9.97 Å². The van der Waals surface area contributed by atoms with E-state index in [9.17, 15) is 4.79 Å². The zero-order valence-electron chi connectivity index (χ0n) is 11.5. The molecule has 1 aromatic carbocycles. The van der Waals surface area contributed by atoms with E-state index in [0.29, 0.717) is 35.1 Å². The Morgan fingerprint density at radius 2 is 2.10 bits per heavy atom. The number of hydrogen-bond acceptors (Lipinski definition) is 4. The lowest BCUT2D eigenvalue weighted by molar-refractivity contribution is 0.0524. The minimum atomic E-state index is -0.461. The molecule has 21 heavy (non-hydrogen) atoms. The summed E-state index contributed by atoms with van der Waals surface area (Å²) in [6.07, 6.45) is 1.93. The number of hydrogen-bond donors (Lipinski definition) is 0. The Morgan fingerprint density at radius 1 is 1.33 bits per heavy atom. The van der Waals surface area contributed by atoms with Gasteiger partial charge < -0.3 is 4.74 Å². The molecule has 4 nitrogen and oxygen atoms in total. The van der Waals surface area contributed by atoms with Crippen molar-refractivity contribution in [2.24, 2.45) is 0 Å². The lowest BCUT2D eigenvalue weighted by Crippen LogP contribution is -2.12. The molecular formula is C15H14Cl2N2O2. The Bertz CT molecular complexity index is 647. The number of alkyl halides is 1. The molecule has 0 aliphatic heterocycles. The minimum absolute atomic E-state index is 0.117. The molecule has 0 unspecified atom stereocenters. The van der Waals surface area contributed by atoms with Crippen LogP contribution in [0.3, 0.4) is 0 Å². The monoisotopic (exact) mass is 324 g/mol. The van der Waals surface area contributed by atoms with E-state index in [4.69, 9.17) is 27.9 Å². The summed E-state index contributed by atoms with van der Waals surface area (Å²) in [5.41, 5.74) is 1.69. The molecule has 2 rings (SSSR count). The van der Waals surface area contributed by atoms with Gasteiger partial charge in [-0.15, -0.1) is 11.6 Å². The second-order valence-electron chi connectivity index (χ2n) is 4.27. The van der Waals surface area contributed by atoms with E-state index in [1.165, 1.54) is 6.20 Å². The van der Waals surface area contributed by atoms with Crippen LogP contribution in [0.15, 0.2) is 30.5 Å². The smallest absolute Gasteiger partial charge is 0.341 e. The first-order valence-corrected chi connectivity index (χ1v) is 7.38. The van der Waals surface area contributed by atoms with E-state index in [1.807, 2.05) is 24.3 Å². The largest absolute Gasteiger partial charge is 0.462 e. The molecule has 0 spiro atoms. The molecule has 0 saturated heterocycles. The van der Waals surface area contributed by atoms with Crippen molar-refractivity contribution < 1.29 is 9.53 Å². The summed E-state index contributed by atoms with van der Waals surface area (Å²) >= 11 is 12.0. The average molecular weight is 325 g/mol. The van der Waals surface area contributed by atoms with Gasteiger partial charge in [-0.05, 0) is 18.6 Å². The molecule has 6 heteroatoms. The highest BCUT2D eigenvalue weighted by Crippen LogP contribution is 2.18. The number of carbonyl (C=O) groups is 1. The van der Waals surface area contributed by atoms with Gasteiger partial charge in [-0.2, -0.15) is 0 Å². The third-order valence-electron chi connectivity index (χ3n) is 2.85. The number of halogens is 2. The summed E-state index contributed by atoms with van der Waals surface area (Å²) in [6.45, 7) is 2.03. The fourth-order valence-electron chi connectivity index (χ4n) is 1.84. The van der Waals surface area contributed by atoms with Gasteiger partial charge in [0.15, 0.2) is 0 Å². The third kappa shape index (κ3) is 3.93. The van der Waals surface area contributed by atoms with E-state index >= 15 is 0 Å². The molecule has 0 atom stereocenters. The number of ether oxygens (including phenoxy) is 1. The van der Waals surface area contributed by atoms with Gasteiger partial charge >= 0.3 is 5.97 Å². The fraction of sp³-hybridized carbons (Fsp3) is 0.267. The van der Waals surface area contributed by atoms with Gasteiger partial charge in [0.25, 0.3) is 0 Å². The van der Waals surface area contributed by atoms with Crippen LogP contribution in [0.2, 0.25) is 5.02 Å². The third-order valence-corrected chi connectivity index (χ3v) is 3.47. The van der Waals surface area contributed by atoms with Crippen LogP contribution >= 0.6 is 23.2 Å². The summed E-state index contributed by atoms with van der Waals surface area (Å²) in [7, 11) is 0. The van der Waals surface area contributed by atoms with Crippen molar-refractivity contribution in [3.8, 4) is 0 Å². The molecule has 0 aliphatic rings. The second kappa shape index (κ2) is 7.38. The first-order valence-electron chi connectivity index (χ1n) is 6.47. The van der Waals surface area contributed by atoms with Gasteiger partial charge in [0, 0.05) is 17.6 Å². The molecule has 0 bridgehead atoms. The maximum atomic E-state index is 11.8. The number of benzene rings is 1. The van der Waals surface area contributed by atoms with Crippen LogP contribution in [0.5, 0.6) is 0 Å². The maximum Gasteiger partial charge on any atom is 0.341 e. The van der Waals surface area contributed by atoms with Gasteiger partial charge in [-0.25, -0.2) is 14.8 Å². The van der Waals surface area contributed by atoms with Crippen LogP contribution in [0.4, 0.5) is 0 Å². The van der Waals surface area contributed by atoms with Crippen molar-refractivity contribution in [1.82, 2.24) is 9.97 Å². The number of nitrogens with zero attached hydrogens (tertiary/aromatic N) is 2. The molecule has 0 amide bonds. The van der Waals surface area contributed by atoms with Crippen LogP contribution in [-0.4, -0.2) is 22.5 Å². The standard InChI is InChI=1S/C15H14Cl2N2O2/c1-2-21-15(20)11-9-18-14(19-13(11)8-16)7-10-5-3-4-6-12(10)17/h3-6,9H,2,7-8H2,1H3.